The van der Waals surface area contributed by atoms with Gasteiger partial charge in [-0.3, -0.25) is 4.79 Å². The van der Waals surface area contributed by atoms with Gasteiger partial charge in [0, 0.05) is 12.6 Å². The molecule has 1 fully saturated rings. The van der Waals surface area contributed by atoms with Crippen molar-refractivity contribution in [2.45, 2.75) is 52.0 Å². The Morgan fingerprint density at radius 2 is 1.70 bits per heavy atom. The van der Waals surface area contributed by atoms with Crippen LogP contribution in [0.2, 0.25) is 0 Å². The van der Waals surface area contributed by atoms with Gasteiger partial charge in [0.15, 0.2) is 0 Å². The minimum atomic E-state index is -0.721. The lowest BCUT2D eigenvalue weighted by molar-refractivity contribution is -0.142. The van der Waals surface area contributed by atoms with Crippen molar-refractivity contribution in [3.05, 3.63) is 34.9 Å². The summed E-state index contributed by atoms with van der Waals surface area (Å²) in [5.41, 5.74) is 3.70. The number of carbonyl (C=O) groups excluding carboxylic acids is 1. The molecule has 126 valence electrons. The fraction of sp³-hybridized carbons (Fsp3) is 0.556. The molecule has 0 bridgehead atoms. The molecular weight excluding hydrogens is 292 g/mol. The maximum Gasteiger partial charge on any atom is 0.315 e. The third-order valence-corrected chi connectivity index (χ3v) is 4.39. The van der Waals surface area contributed by atoms with Gasteiger partial charge in [0.05, 0.1) is 5.92 Å². The van der Waals surface area contributed by atoms with E-state index < -0.39 is 5.97 Å². The van der Waals surface area contributed by atoms with Gasteiger partial charge in [-0.05, 0) is 51.5 Å². The molecule has 23 heavy (non-hydrogen) atoms. The highest BCUT2D eigenvalue weighted by Crippen LogP contribution is 2.24. The van der Waals surface area contributed by atoms with Gasteiger partial charge in [-0.1, -0.05) is 29.3 Å². The first-order chi connectivity index (χ1) is 10.9. The van der Waals surface area contributed by atoms with Crippen LogP contribution in [0.3, 0.4) is 0 Å². The van der Waals surface area contributed by atoms with Gasteiger partial charge >= 0.3 is 12.0 Å². The fourth-order valence-corrected chi connectivity index (χ4v) is 3.25. The highest BCUT2D eigenvalue weighted by Gasteiger charge is 2.26. The molecule has 0 saturated heterocycles. The summed E-state index contributed by atoms with van der Waals surface area (Å²) in [6.07, 6.45) is 3.57. The highest BCUT2D eigenvalue weighted by atomic mass is 16.4. The van der Waals surface area contributed by atoms with Crippen molar-refractivity contribution in [1.82, 2.24) is 10.6 Å². The first kappa shape index (κ1) is 17.3. The van der Waals surface area contributed by atoms with Crippen molar-refractivity contribution >= 4 is 12.0 Å². The number of benzene rings is 1. The molecule has 1 aliphatic rings. The number of hydrogen-bond donors (Lipinski definition) is 3. The van der Waals surface area contributed by atoms with E-state index >= 15 is 0 Å². The van der Waals surface area contributed by atoms with E-state index in [2.05, 4.69) is 42.7 Å². The molecule has 1 aliphatic carbocycles. The van der Waals surface area contributed by atoms with Crippen LogP contribution in [0.1, 0.15) is 42.4 Å². The Labute approximate surface area is 137 Å². The molecule has 5 heteroatoms. The second kappa shape index (κ2) is 7.99. The Balaban J connectivity index is 1.68. The molecule has 3 N–H and O–H groups in total. The van der Waals surface area contributed by atoms with E-state index in [9.17, 15) is 9.59 Å². The predicted molar refractivity (Wildman–Crippen MR) is 89.5 cm³/mol. The van der Waals surface area contributed by atoms with Crippen LogP contribution < -0.4 is 10.6 Å². The van der Waals surface area contributed by atoms with E-state index in [1.54, 1.807) is 0 Å². The van der Waals surface area contributed by atoms with Crippen molar-refractivity contribution < 1.29 is 14.7 Å². The minimum absolute atomic E-state index is 0.0896. The Bertz CT molecular complexity index is 543. The van der Waals surface area contributed by atoms with Crippen LogP contribution in [0.15, 0.2) is 18.2 Å². The molecule has 1 aromatic rings. The smallest absolute Gasteiger partial charge is 0.315 e. The molecule has 0 radical (unpaired) electrons. The van der Waals surface area contributed by atoms with Crippen LogP contribution in [-0.2, 0) is 11.2 Å². The number of nitrogens with one attached hydrogen (secondary N) is 2. The average Bonchev–Trinajstić information content (AvgIpc) is 2.46. The van der Waals surface area contributed by atoms with Gasteiger partial charge in [-0.15, -0.1) is 0 Å². The van der Waals surface area contributed by atoms with Crippen molar-refractivity contribution in [2.24, 2.45) is 5.92 Å². The zero-order chi connectivity index (χ0) is 16.8. The van der Waals surface area contributed by atoms with E-state index in [0.29, 0.717) is 19.4 Å². The van der Waals surface area contributed by atoms with Crippen molar-refractivity contribution in [3.8, 4) is 0 Å². The molecule has 1 saturated carbocycles. The summed E-state index contributed by atoms with van der Waals surface area (Å²) in [5, 5.41) is 14.8. The zero-order valence-electron chi connectivity index (χ0n) is 13.9. The maximum absolute atomic E-state index is 11.9. The SMILES string of the molecule is Cc1cc(C)cc(CCNC(=O)NC2CCC(C(=O)O)CC2)c1. The second-order valence-corrected chi connectivity index (χ2v) is 6.53. The minimum Gasteiger partial charge on any atom is -0.481 e. The molecule has 0 heterocycles. The molecular formula is C18H26N2O3. The van der Waals surface area contributed by atoms with Gasteiger partial charge < -0.3 is 15.7 Å². The summed E-state index contributed by atoms with van der Waals surface area (Å²) in [5.74, 6) is -0.970. The monoisotopic (exact) mass is 318 g/mol. The summed E-state index contributed by atoms with van der Waals surface area (Å²) in [4.78, 5) is 22.8. The lowest BCUT2D eigenvalue weighted by atomic mass is 9.86. The van der Waals surface area contributed by atoms with Crippen LogP contribution in [-0.4, -0.2) is 29.7 Å². The van der Waals surface area contributed by atoms with Crippen molar-refractivity contribution in [2.75, 3.05) is 6.54 Å². The summed E-state index contributed by atoms with van der Waals surface area (Å²) in [7, 11) is 0. The Morgan fingerprint density at radius 3 is 2.26 bits per heavy atom. The molecule has 2 amide bonds. The Hall–Kier alpha value is -2.04. The van der Waals surface area contributed by atoms with E-state index in [0.717, 1.165) is 19.3 Å². The van der Waals surface area contributed by atoms with Crippen LogP contribution in [0.4, 0.5) is 4.79 Å². The number of carbonyl (C=O) groups is 2. The lowest BCUT2D eigenvalue weighted by Crippen LogP contribution is -2.44. The quantitative estimate of drug-likeness (QED) is 0.781. The number of amides is 2. The van der Waals surface area contributed by atoms with Crippen LogP contribution in [0.5, 0.6) is 0 Å². The summed E-state index contributed by atoms with van der Waals surface area (Å²) in [6, 6.07) is 6.34. The van der Waals surface area contributed by atoms with Crippen LogP contribution in [0.25, 0.3) is 0 Å². The van der Waals surface area contributed by atoms with E-state index in [1.165, 1.54) is 16.7 Å². The largest absolute Gasteiger partial charge is 0.481 e. The molecule has 0 aromatic heterocycles. The van der Waals surface area contributed by atoms with E-state index in [-0.39, 0.29) is 18.0 Å². The number of rotatable bonds is 5. The molecule has 0 spiro atoms. The molecule has 0 aliphatic heterocycles. The van der Waals surface area contributed by atoms with Gasteiger partial charge in [-0.25, -0.2) is 4.79 Å². The number of aryl methyl sites for hydroxylation is 2. The zero-order valence-corrected chi connectivity index (χ0v) is 13.9. The molecule has 1 aromatic carbocycles. The average molecular weight is 318 g/mol. The normalized spacial score (nSPS) is 20.8. The molecule has 0 atom stereocenters. The summed E-state index contributed by atoms with van der Waals surface area (Å²) in [6.45, 7) is 4.74. The first-order valence-corrected chi connectivity index (χ1v) is 8.28. The number of hydrogen-bond acceptors (Lipinski definition) is 2. The summed E-state index contributed by atoms with van der Waals surface area (Å²) < 4.78 is 0. The van der Waals surface area contributed by atoms with Crippen molar-refractivity contribution in [3.63, 3.8) is 0 Å². The van der Waals surface area contributed by atoms with Crippen molar-refractivity contribution in [1.29, 1.82) is 0 Å². The lowest BCUT2D eigenvalue weighted by Gasteiger charge is -2.26. The third kappa shape index (κ3) is 5.58. The third-order valence-electron chi connectivity index (χ3n) is 4.39. The van der Waals surface area contributed by atoms with Gasteiger partial charge in [-0.2, -0.15) is 0 Å². The number of carboxylic acid groups (broad SMARTS) is 1. The maximum atomic E-state index is 11.9. The first-order valence-electron chi connectivity index (χ1n) is 8.28. The number of urea groups is 1. The number of aliphatic carboxylic acids is 1. The Kier molecular flexibility index (Phi) is 6.02. The molecule has 2 rings (SSSR count). The fourth-order valence-electron chi connectivity index (χ4n) is 3.25. The van der Waals surface area contributed by atoms with Crippen LogP contribution >= 0.6 is 0 Å². The van der Waals surface area contributed by atoms with Gasteiger partial charge in [0.25, 0.3) is 0 Å². The van der Waals surface area contributed by atoms with E-state index in [1.807, 2.05) is 0 Å². The molecule has 0 unspecified atom stereocenters. The predicted octanol–water partition coefficient (Wildman–Crippen LogP) is 2.79. The van der Waals surface area contributed by atoms with Gasteiger partial charge in [0.2, 0.25) is 0 Å². The number of carboxylic acids is 1. The second-order valence-electron chi connectivity index (χ2n) is 6.53. The topological polar surface area (TPSA) is 78.4 Å². The standard InChI is InChI=1S/C18H26N2O3/c1-12-9-13(2)11-14(10-12)7-8-19-18(23)20-16-5-3-15(4-6-16)17(21)22/h9-11,15-16H,3-8H2,1-2H3,(H,21,22)(H2,19,20,23). The highest BCUT2D eigenvalue weighted by molar-refractivity contribution is 5.74. The molecule has 5 nitrogen and oxygen atoms in total. The van der Waals surface area contributed by atoms with Gasteiger partial charge in [0.1, 0.15) is 0 Å². The summed E-state index contributed by atoms with van der Waals surface area (Å²) >= 11 is 0. The Morgan fingerprint density at radius 1 is 1.09 bits per heavy atom. The van der Waals surface area contributed by atoms with Crippen LogP contribution in [0, 0.1) is 19.8 Å². The van der Waals surface area contributed by atoms with E-state index in [4.69, 9.17) is 5.11 Å².